The average molecular weight is 835 g/mol. The minimum absolute atomic E-state index is 0.0166. The highest BCUT2D eigenvalue weighted by molar-refractivity contribution is 7.44. The van der Waals surface area contributed by atoms with Crippen molar-refractivity contribution in [3.63, 3.8) is 0 Å². The lowest BCUT2D eigenvalue weighted by atomic mass is 9.91. The number of nitriles is 1. The van der Waals surface area contributed by atoms with Gasteiger partial charge in [-0.05, 0) is 73.6 Å². The molecule has 2 rings (SSSR count). The second-order valence-corrected chi connectivity index (χ2v) is 17.6. The molecule has 0 bridgehead atoms. The Morgan fingerprint density at radius 3 is 2.12 bits per heavy atom. The zero-order chi connectivity index (χ0) is 43.1. The van der Waals surface area contributed by atoms with Crippen LogP contribution in [0.5, 0.6) is 0 Å². The first kappa shape index (κ1) is 51.2. The lowest BCUT2D eigenvalue weighted by Crippen LogP contribution is -2.40. The van der Waals surface area contributed by atoms with E-state index in [4.69, 9.17) is 18.5 Å². The molecule has 1 unspecified atom stereocenters. The van der Waals surface area contributed by atoms with Crippen LogP contribution >= 0.6 is 8.53 Å². The first-order valence-corrected chi connectivity index (χ1v) is 22.9. The Morgan fingerprint density at radius 1 is 1.02 bits per heavy atom. The summed E-state index contributed by atoms with van der Waals surface area (Å²) in [6, 6.07) is 2.32. The van der Waals surface area contributed by atoms with Gasteiger partial charge in [-0.25, -0.2) is 9.46 Å². The summed E-state index contributed by atoms with van der Waals surface area (Å²) in [6.45, 7) is 21.2. The summed E-state index contributed by atoms with van der Waals surface area (Å²) in [4.78, 5) is 51.9. The summed E-state index contributed by atoms with van der Waals surface area (Å²) >= 11 is 0. The van der Waals surface area contributed by atoms with Gasteiger partial charge in [0.25, 0.3) is 14.1 Å². The fourth-order valence-electron chi connectivity index (χ4n) is 7.16. The fourth-order valence-corrected chi connectivity index (χ4v) is 8.91. The van der Waals surface area contributed by atoms with Gasteiger partial charge in [-0.3, -0.25) is 23.9 Å². The van der Waals surface area contributed by atoms with Crippen molar-refractivity contribution in [2.24, 2.45) is 0 Å². The number of aromatic amines is 1. The van der Waals surface area contributed by atoms with Crippen LogP contribution in [-0.4, -0.2) is 82.2 Å². The van der Waals surface area contributed by atoms with Crippen LogP contribution in [0.4, 0.5) is 0 Å². The van der Waals surface area contributed by atoms with Gasteiger partial charge < -0.3 is 29.2 Å². The maximum absolute atomic E-state index is 13.0. The number of hydrogen-bond acceptors (Lipinski definition) is 10. The Bertz CT molecular complexity index is 1530. The van der Waals surface area contributed by atoms with Crippen LogP contribution in [0.25, 0.3) is 0 Å². The van der Waals surface area contributed by atoms with E-state index in [1.165, 1.54) is 42.9 Å². The van der Waals surface area contributed by atoms with Crippen LogP contribution in [0, 0.1) is 18.3 Å². The number of hydrogen-bond donors (Lipinski definition) is 3. The lowest BCUT2D eigenvalue weighted by Gasteiger charge is -2.38. The number of unbranched alkanes of at least 4 members (excludes halogenated alkanes) is 9. The molecule has 0 radical (unpaired) electrons. The number of aryl methyl sites for hydroxylation is 1. The number of ether oxygens (including phenoxy) is 2. The molecule has 330 valence electrons. The number of nitrogens with zero attached hydrogens (tertiary/aromatic N) is 3. The van der Waals surface area contributed by atoms with Gasteiger partial charge in [-0.15, -0.1) is 0 Å². The number of H-pyrrole nitrogens is 1. The zero-order valence-electron chi connectivity index (χ0n) is 36.9. The SMILES string of the molecule is C=C(C)C(=O)NCCCCCCCCCCCCNC(=O)CCC(CC)(CC)OC[C@H]1O[C@@H](n2cc(C)c(=O)[nH]c2=O)C[C@@H]1OP(OCCC#N)N(C(C)C)C(C)C. The quantitative estimate of drug-likeness (QED) is 0.0379. The molecular formula is C43H75N6O8P. The molecule has 14 nitrogen and oxygen atoms in total. The Morgan fingerprint density at radius 2 is 1.59 bits per heavy atom. The molecule has 0 spiro atoms. The Balaban J connectivity index is 1.91. The number of carbonyl (C=O) groups is 2. The van der Waals surface area contributed by atoms with Crippen molar-refractivity contribution in [3.05, 3.63) is 44.8 Å². The third-order valence-corrected chi connectivity index (χ3v) is 12.9. The van der Waals surface area contributed by atoms with Crippen LogP contribution in [0.1, 0.15) is 163 Å². The maximum Gasteiger partial charge on any atom is 0.330 e. The third-order valence-electron chi connectivity index (χ3n) is 10.8. The first-order valence-electron chi connectivity index (χ1n) is 21.7. The number of carbonyl (C=O) groups excluding carboxylic acids is 2. The lowest BCUT2D eigenvalue weighted by molar-refractivity contribution is -0.131. The first-order chi connectivity index (χ1) is 27.7. The summed E-state index contributed by atoms with van der Waals surface area (Å²) in [5, 5.41) is 15.2. The van der Waals surface area contributed by atoms with E-state index in [-0.39, 0.29) is 43.5 Å². The minimum Gasteiger partial charge on any atom is -0.372 e. The molecule has 1 aliphatic heterocycles. The highest BCUT2D eigenvalue weighted by Gasteiger charge is 2.43. The van der Waals surface area contributed by atoms with Gasteiger partial charge in [0, 0.05) is 55.3 Å². The highest BCUT2D eigenvalue weighted by atomic mass is 31.2. The Hall–Kier alpha value is -2.92. The average Bonchev–Trinajstić information content (AvgIpc) is 3.58. The van der Waals surface area contributed by atoms with Crippen LogP contribution in [0.15, 0.2) is 27.9 Å². The van der Waals surface area contributed by atoms with Gasteiger partial charge in [0.05, 0.1) is 37.4 Å². The highest BCUT2D eigenvalue weighted by Crippen LogP contribution is 2.50. The van der Waals surface area contributed by atoms with Crippen molar-refractivity contribution in [2.45, 2.75) is 194 Å². The molecule has 0 aliphatic carbocycles. The van der Waals surface area contributed by atoms with E-state index < -0.39 is 43.8 Å². The molecule has 1 aliphatic rings. The number of nitrogens with one attached hydrogen (secondary N) is 3. The normalized spacial score (nSPS) is 17.5. The fraction of sp³-hybridized carbons (Fsp3) is 0.791. The molecule has 2 amide bonds. The van der Waals surface area contributed by atoms with E-state index in [0.717, 1.165) is 32.1 Å². The van der Waals surface area contributed by atoms with Crippen LogP contribution in [-0.2, 0) is 28.1 Å². The van der Waals surface area contributed by atoms with Crippen molar-refractivity contribution < 1.29 is 28.1 Å². The molecule has 1 aromatic rings. The molecule has 3 N–H and O–H groups in total. The van der Waals surface area contributed by atoms with E-state index in [9.17, 15) is 24.4 Å². The monoisotopic (exact) mass is 835 g/mol. The molecule has 0 saturated carbocycles. The topological polar surface area (TPSA) is 177 Å². The smallest absolute Gasteiger partial charge is 0.330 e. The molecule has 1 saturated heterocycles. The van der Waals surface area contributed by atoms with Crippen molar-refractivity contribution in [2.75, 3.05) is 26.3 Å². The maximum atomic E-state index is 13.0. The second kappa shape index (κ2) is 27.8. The Labute approximate surface area is 349 Å². The zero-order valence-corrected chi connectivity index (χ0v) is 37.8. The molecule has 0 aromatic carbocycles. The molecule has 15 heteroatoms. The van der Waals surface area contributed by atoms with Crippen LogP contribution in [0.3, 0.4) is 0 Å². The molecule has 58 heavy (non-hydrogen) atoms. The second-order valence-electron chi connectivity index (χ2n) is 16.2. The van der Waals surface area contributed by atoms with E-state index in [1.54, 1.807) is 13.8 Å². The largest absolute Gasteiger partial charge is 0.372 e. The van der Waals surface area contributed by atoms with E-state index in [2.05, 4.69) is 74.5 Å². The van der Waals surface area contributed by atoms with Crippen LogP contribution < -0.4 is 21.9 Å². The van der Waals surface area contributed by atoms with Gasteiger partial charge in [-0.1, -0.05) is 71.8 Å². The van der Waals surface area contributed by atoms with Gasteiger partial charge in [0.2, 0.25) is 11.8 Å². The predicted molar refractivity (Wildman–Crippen MR) is 230 cm³/mol. The third kappa shape index (κ3) is 18.1. The summed E-state index contributed by atoms with van der Waals surface area (Å²) in [5.41, 5.74) is -0.633. The van der Waals surface area contributed by atoms with Crippen molar-refractivity contribution in [3.8, 4) is 6.07 Å². The van der Waals surface area contributed by atoms with E-state index in [0.29, 0.717) is 56.3 Å². The van der Waals surface area contributed by atoms with E-state index >= 15 is 0 Å². The predicted octanol–water partition coefficient (Wildman–Crippen LogP) is 7.86. The van der Waals surface area contributed by atoms with Crippen molar-refractivity contribution in [1.82, 2.24) is 24.9 Å². The van der Waals surface area contributed by atoms with Crippen LogP contribution in [0.2, 0.25) is 0 Å². The van der Waals surface area contributed by atoms with E-state index in [1.807, 2.05) is 0 Å². The molecule has 2 heterocycles. The number of rotatable bonds is 31. The van der Waals surface area contributed by atoms with Crippen molar-refractivity contribution >= 4 is 20.3 Å². The molecular weight excluding hydrogens is 759 g/mol. The van der Waals surface area contributed by atoms with Gasteiger partial charge in [-0.2, -0.15) is 5.26 Å². The number of aromatic nitrogens is 2. The van der Waals surface area contributed by atoms with Crippen molar-refractivity contribution in [1.29, 1.82) is 5.26 Å². The standard InChI is InChI=1S/C43H75N6O8P/c1-10-43(11-2,24-23-38(50)45-26-20-18-16-14-12-13-15-17-19-21-27-46-40(51)32(3)4)54-31-37-36(29-39(56-37)48-30-35(9)41(52)47-42(48)53)57-58(55-28-22-25-44)49(33(5)6)34(7)8/h30,33-34,36-37,39H,3,10-24,26-29,31H2,1-2,4-9H3,(H,45,50)(H,46,51)(H,47,52,53)/t36-,37+,39+,58?/m0/s1. The molecule has 4 atom stereocenters. The summed E-state index contributed by atoms with van der Waals surface area (Å²) < 4.78 is 29.7. The van der Waals surface area contributed by atoms with Gasteiger partial charge in [0.15, 0.2) is 0 Å². The molecule has 1 fully saturated rings. The Kier molecular flexibility index (Phi) is 24.5. The van der Waals surface area contributed by atoms with Gasteiger partial charge >= 0.3 is 5.69 Å². The summed E-state index contributed by atoms with van der Waals surface area (Å²) in [7, 11) is -1.60. The number of amides is 2. The molecule has 1 aromatic heterocycles. The van der Waals surface area contributed by atoms with Gasteiger partial charge in [0.1, 0.15) is 12.3 Å². The summed E-state index contributed by atoms with van der Waals surface area (Å²) in [5.74, 6) is -0.0432. The minimum atomic E-state index is -1.60. The summed E-state index contributed by atoms with van der Waals surface area (Å²) in [6.07, 6.45) is 14.0.